The Morgan fingerprint density at radius 1 is 1.14 bits per heavy atom. The van der Waals surface area contributed by atoms with Gasteiger partial charge in [-0.1, -0.05) is 6.42 Å². The summed E-state index contributed by atoms with van der Waals surface area (Å²) in [6.45, 7) is 0. The van der Waals surface area contributed by atoms with Gasteiger partial charge in [0.25, 0.3) is 0 Å². The zero-order valence-electron chi connectivity index (χ0n) is 8.24. The molecule has 2 rings (SSSR count). The summed E-state index contributed by atoms with van der Waals surface area (Å²) in [4.78, 5) is 3.94. The molecule has 76 valence electrons. The van der Waals surface area contributed by atoms with E-state index in [1.165, 1.54) is 6.42 Å². The van der Waals surface area contributed by atoms with Gasteiger partial charge < -0.3 is 10.4 Å². The average molecular weight is 192 g/mol. The lowest BCUT2D eigenvalue weighted by atomic mass is 9.91. The Morgan fingerprint density at radius 3 is 2.43 bits per heavy atom. The molecule has 1 aliphatic rings. The molecule has 1 aromatic rings. The Labute approximate surface area is 84.2 Å². The number of nitrogens with one attached hydrogen (secondary N) is 1. The van der Waals surface area contributed by atoms with E-state index < -0.39 is 5.72 Å². The first-order valence-electron chi connectivity index (χ1n) is 5.19. The molecule has 0 aliphatic heterocycles. The molecule has 0 unspecified atom stereocenters. The smallest absolute Gasteiger partial charge is 0.135 e. The van der Waals surface area contributed by atoms with Gasteiger partial charge in [0, 0.05) is 18.1 Å². The fraction of sp³-hybridized carbons (Fsp3) is 0.545. The molecule has 0 bridgehead atoms. The Hall–Kier alpha value is -1.09. The lowest BCUT2D eigenvalue weighted by Crippen LogP contribution is -2.39. The molecule has 0 saturated heterocycles. The van der Waals surface area contributed by atoms with Crippen LogP contribution < -0.4 is 5.32 Å². The highest BCUT2D eigenvalue weighted by Gasteiger charge is 2.28. The topological polar surface area (TPSA) is 45.1 Å². The highest BCUT2D eigenvalue weighted by molar-refractivity contribution is 5.42. The van der Waals surface area contributed by atoms with Gasteiger partial charge in [-0.15, -0.1) is 0 Å². The molecule has 1 aromatic heterocycles. The second kappa shape index (κ2) is 3.96. The highest BCUT2D eigenvalue weighted by atomic mass is 16.3. The van der Waals surface area contributed by atoms with Crippen molar-refractivity contribution in [3.05, 3.63) is 24.5 Å². The number of hydrogen-bond acceptors (Lipinski definition) is 3. The fourth-order valence-electron chi connectivity index (χ4n) is 1.97. The summed E-state index contributed by atoms with van der Waals surface area (Å²) in [6, 6.07) is 3.76. The van der Waals surface area contributed by atoms with Crippen molar-refractivity contribution in [2.75, 3.05) is 5.32 Å². The summed E-state index contributed by atoms with van der Waals surface area (Å²) >= 11 is 0. The maximum atomic E-state index is 10.2. The summed E-state index contributed by atoms with van der Waals surface area (Å²) in [5.74, 6) is 0. The van der Waals surface area contributed by atoms with Crippen LogP contribution in [0.5, 0.6) is 0 Å². The van der Waals surface area contributed by atoms with Crippen LogP contribution >= 0.6 is 0 Å². The number of pyridine rings is 1. The minimum Gasteiger partial charge on any atom is -0.371 e. The molecule has 1 fully saturated rings. The molecule has 0 atom stereocenters. The van der Waals surface area contributed by atoms with Crippen LogP contribution in [0.4, 0.5) is 5.69 Å². The standard InChI is InChI=1S/C11H16N2O/c14-11(6-2-1-3-7-11)13-10-4-8-12-9-5-10/h4-5,8-9,14H,1-3,6-7H2,(H,12,13). The third-order valence-electron chi connectivity index (χ3n) is 2.74. The third kappa shape index (κ3) is 2.23. The lowest BCUT2D eigenvalue weighted by molar-refractivity contribution is 0.0317. The van der Waals surface area contributed by atoms with Crippen LogP contribution in [0, 0.1) is 0 Å². The molecule has 0 spiro atoms. The maximum absolute atomic E-state index is 10.2. The van der Waals surface area contributed by atoms with E-state index in [0.717, 1.165) is 31.4 Å². The van der Waals surface area contributed by atoms with Crippen molar-refractivity contribution in [3.8, 4) is 0 Å². The second-order valence-corrected chi connectivity index (χ2v) is 3.95. The number of aliphatic hydroxyl groups is 1. The third-order valence-corrected chi connectivity index (χ3v) is 2.74. The van der Waals surface area contributed by atoms with E-state index in [-0.39, 0.29) is 0 Å². The Balaban J connectivity index is 2.02. The molecule has 14 heavy (non-hydrogen) atoms. The van der Waals surface area contributed by atoms with Gasteiger partial charge in [-0.25, -0.2) is 0 Å². The molecule has 1 saturated carbocycles. The van der Waals surface area contributed by atoms with E-state index >= 15 is 0 Å². The molecular weight excluding hydrogens is 176 g/mol. The Morgan fingerprint density at radius 2 is 1.79 bits per heavy atom. The Bertz CT molecular complexity index is 281. The maximum Gasteiger partial charge on any atom is 0.135 e. The monoisotopic (exact) mass is 192 g/mol. The fourth-order valence-corrected chi connectivity index (χ4v) is 1.97. The second-order valence-electron chi connectivity index (χ2n) is 3.95. The van der Waals surface area contributed by atoms with Crippen LogP contribution in [-0.4, -0.2) is 15.8 Å². The van der Waals surface area contributed by atoms with E-state index in [2.05, 4.69) is 10.3 Å². The van der Waals surface area contributed by atoms with Crippen molar-refractivity contribution >= 4 is 5.69 Å². The summed E-state index contributed by atoms with van der Waals surface area (Å²) in [5, 5.41) is 13.4. The van der Waals surface area contributed by atoms with Crippen LogP contribution in [0.1, 0.15) is 32.1 Å². The van der Waals surface area contributed by atoms with E-state index in [1.54, 1.807) is 12.4 Å². The van der Waals surface area contributed by atoms with Gasteiger partial charge in [0.1, 0.15) is 5.72 Å². The molecular formula is C11H16N2O. The van der Waals surface area contributed by atoms with Crippen molar-refractivity contribution in [3.63, 3.8) is 0 Å². The number of hydrogen-bond donors (Lipinski definition) is 2. The summed E-state index contributed by atoms with van der Waals surface area (Å²) in [5.41, 5.74) is 0.254. The van der Waals surface area contributed by atoms with Gasteiger partial charge >= 0.3 is 0 Å². The van der Waals surface area contributed by atoms with E-state index in [0.29, 0.717) is 0 Å². The molecule has 1 aliphatic carbocycles. The van der Waals surface area contributed by atoms with E-state index in [1.807, 2.05) is 12.1 Å². The van der Waals surface area contributed by atoms with Gasteiger partial charge in [-0.2, -0.15) is 0 Å². The zero-order valence-corrected chi connectivity index (χ0v) is 8.24. The van der Waals surface area contributed by atoms with Crippen molar-refractivity contribution in [2.24, 2.45) is 0 Å². The molecule has 3 nitrogen and oxygen atoms in total. The largest absolute Gasteiger partial charge is 0.371 e. The van der Waals surface area contributed by atoms with Crippen molar-refractivity contribution in [1.29, 1.82) is 0 Å². The minimum absolute atomic E-state index is 0.695. The highest BCUT2D eigenvalue weighted by Crippen LogP contribution is 2.28. The molecule has 3 heteroatoms. The summed E-state index contributed by atoms with van der Waals surface area (Å²) < 4.78 is 0. The molecule has 0 radical (unpaired) electrons. The summed E-state index contributed by atoms with van der Waals surface area (Å²) in [6.07, 6.45) is 8.59. The summed E-state index contributed by atoms with van der Waals surface area (Å²) in [7, 11) is 0. The van der Waals surface area contributed by atoms with Crippen molar-refractivity contribution < 1.29 is 5.11 Å². The normalized spacial score (nSPS) is 20.4. The molecule has 0 amide bonds. The van der Waals surface area contributed by atoms with E-state index in [9.17, 15) is 5.11 Å². The molecule has 2 N–H and O–H groups in total. The average Bonchev–Trinajstić information content (AvgIpc) is 2.19. The van der Waals surface area contributed by atoms with Gasteiger partial charge in [0.15, 0.2) is 0 Å². The van der Waals surface area contributed by atoms with E-state index in [4.69, 9.17) is 0 Å². The number of aromatic nitrogens is 1. The predicted molar refractivity (Wildman–Crippen MR) is 55.9 cm³/mol. The quantitative estimate of drug-likeness (QED) is 0.706. The zero-order chi connectivity index (χ0) is 9.86. The SMILES string of the molecule is OC1(Nc2ccncc2)CCCCC1. The van der Waals surface area contributed by atoms with Gasteiger partial charge in [-0.05, 0) is 37.8 Å². The van der Waals surface area contributed by atoms with Crippen LogP contribution in [0.3, 0.4) is 0 Å². The van der Waals surface area contributed by atoms with Crippen LogP contribution in [-0.2, 0) is 0 Å². The number of nitrogens with zero attached hydrogens (tertiary/aromatic N) is 1. The number of anilines is 1. The van der Waals surface area contributed by atoms with Gasteiger partial charge in [0.05, 0.1) is 0 Å². The van der Waals surface area contributed by atoms with Gasteiger partial charge in [0.2, 0.25) is 0 Å². The van der Waals surface area contributed by atoms with Crippen LogP contribution in [0.2, 0.25) is 0 Å². The molecule has 1 heterocycles. The lowest BCUT2D eigenvalue weighted by Gasteiger charge is -2.33. The van der Waals surface area contributed by atoms with Crippen molar-refractivity contribution in [1.82, 2.24) is 4.98 Å². The van der Waals surface area contributed by atoms with Crippen LogP contribution in [0.15, 0.2) is 24.5 Å². The van der Waals surface area contributed by atoms with Crippen molar-refractivity contribution in [2.45, 2.75) is 37.8 Å². The van der Waals surface area contributed by atoms with Crippen LogP contribution in [0.25, 0.3) is 0 Å². The first-order valence-corrected chi connectivity index (χ1v) is 5.19. The van der Waals surface area contributed by atoms with Gasteiger partial charge in [-0.3, -0.25) is 4.98 Å². The molecule has 0 aromatic carbocycles. The predicted octanol–water partition coefficient (Wildman–Crippen LogP) is 2.15. The Kier molecular flexibility index (Phi) is 2.68. The minimum atomic E-state index is -0.695. The first kappa shape index (κ1) is 9.46. The number of rotatable bonds is 2. The first-order chi connectivity index (χ1) is 6.79.